The fraction of sp³-hybridized carbons (Fsp3) is 0.667. The molecule has 7 heteroatoms. The van der Waals surface area contributed by atoms with Gasteiger partial charge >= 0.3 is 0 Å². The molecule has 1 aliphatic carbocycles. The molecule has 3 aliphatic rings. The van der Waals surface area contributed by atoms with E-state index in [9.17, 15) is 4.79 Å². The number of likely N-dealkylation sites (tertiary alicyclic amines) is 1. The van der Waals surface area contributed by atoms with Gasteiger partial charge in [0.2, 0.25) is 5.91 Å². The van der Waals surface area contributed by atoms with Crippen LogP contribution in [0.4, 0.5) is 5.82 Å². The maximum atomic E-state index is 13.0. The molecule has 7 nitrogen and oxygen atoms in total. The van der Waals surface area contributed by atoms with Crippen LogP contribution in [0.15, 0.2) is 12.5 Å². The molecule has 3 fully saturated rings. The molecule has 0 spiro atoms. The molecule has 25 heavy (non-hydrogen) atoms. The van der Waals surface area contributed by atoms with Crippen molar-refractivity contribution in [3.8, 4) is 0 Å². The third kappa shape index (κ3) is 2.40. The molecule has 0 aromatic carbocycles. The van der Waals surface area contributed by atoms with Crippen LogP contribution in [0, 0.1) is 17.8 Å². The van der Waals surface area contributed by atoms with E-state index in [4.69, 9.17) is 0 Å². The van der Waals surface area contributed by atoms with Gasteiger partial charge in [0.25, 0.3) is 0 Å². The molecule has 3 atom stereocenters. The largest absolute Gasteiger partial charge is 0.355 e. The predicted molar refractivity (Wildman–Crippen MR) is 94.0 cm³/mol. The Hall–Kier alpha value is -2.18. The molecule has 0 bridgehead atoms. The highest BCUT2D eigenvalue weighted by Gasteiger charge is 2.41. The quantitative estimate of drug-likeness (QED) is 0.828. The van der Waals surface area contributed by atoms with Crippen LogP contribution in [0.1, 0.15) is 25.7 Å². The lowest BCUT2D eigenvalue weighted by Crippen LogP contribution is -2.36. The first-order valence-corrected chi connectivity index (χ1v) is 9.37. The average Bonchev–Trinajstić information content (AvgIpc) is 3.37. The van der Waals surface area contributed by atoms with Gasteiger partial charge in [0.05, 0.1) is 17.5 Å². The first-order valence-electron chi connectivity index (χ1n) is 9.37. The Morgan fingerprint density at radius 3 is 2.72 bits per heavy atom. The summed E-state index contributed by atoms with van der Waals surface area (Å²) in [6, 6.07) is 0. The van der Waals surface area contributed by atoms with Gasteiger partial charge < -0.3 is 9.80 Å². The molecule has 1 saturated carbocycles. The van der Waals surface area contributed by atoms with E-state index in [1.165, 1.54) is 19.3 Å². The maximum Gasteiger partial charge on any atom is 0.227 e. The van der Waals surface area contributed by atoms with Gasteiger partial charge in [0.1, 0.15) is 12.1 Å². The molecular formula is C18H24N6O. The number of carbonyl (C=O) groups is 1. The topological polar surface area (TPSA) is 67.2 Å². The minimum atomic E-state index is 0.0977. The molecule has 2 saturated heterocycles. The Morgan fingerprint density at radius 1 is 1.12 bits per heavy atom. The third-order valence-corrected chi connectivity index (χ3v) is 6.38. The van der Waals surface area contributed by atoms with E-state index in [-0.39, 0.29) is 5.92 Å². The van der Waals surface area contributed by atoms with Crippen LogP contribution in [-0.4, -0.2) is 56.7 Å². The van der Waals surface area contributed by atoms with E-state index in [1.807, 2.05) is 13.2 Å². The first-order chi connectivity index (χ1) is 12.2. The number of nitrogens with zero attached hydrogens (tertiary/aromatic N) is 6. The maximum absolute atomic E-state index is 13.0. The zero-order valence-electron chi connectivity index (χ0n) is 14.6. The van der Waals surface area contributed by atoms with Gasteiger partial charge in [-0.15, -0.1) is 0 Å². The van der Waals surface area contributed by atoms with Crippen molar-refractivity contribution in [2.75, 3.05) is 31.1 Å². The number of rotatable bonds is 2. The van der Waals surface area contributed by atoms with Crippen molar-refractivity contribution < 1.29 is 4.79 Å². The van der Waals surface area contributed by atoms with Crippen molar-refractivity contribution in [2.45, 2.75) is 25.7 Å². The zero-order chi connectivity index (χ0) is 17.0. The third-order valence-electron chi connectivity index (χ3n) is 6.38. The summed E-state index contributed by atoms with van der Waals surface area (Å²) < 4.78 is 1.77. The summed E-state index contributed by atoms with van der Waals surface area (Å²) in [5.41, 5.74) is 0.840. The summed E-state index contributed by atoms with van der Waals surface area (Å²) in [5.74, 6) is 2.89. The van der Waals surface area contributed by atoms with Gasteiger partial charge in [-0.2, -0.15) is 5.10 Å². The van der Waals surface area contributed by atoms with Crippen LogP contribution in [0.2, 0.25) is 0 Å². The fourth-order valence-electron chi connectivity index (χ4n) is 5.03. The molecule has 3 unspecified atom stereocenters. The number of carbonyl (C=O) groups excluding carboxylic acids is 1. The monoisotopic (exact) mass is 340 g/mol. The molecule has 0 radical (unpaired) electrons. The number of aromatic nitrogens is 4. The van der Waals surface area contributed by atoms with Crippen molar-refractivity contribution in [3.63, 3.8) is 0 Å². The van der Waals surface area contributed by atoms with Crippen molar-refractivity contribution in [1.82, 2.24) is 24.6 Å². The smallest absolute Gasteiger partial charge is 0.227 e. The van der Waals surface area contributed by atoms with Crippen molar-refractivity contribution in [1.29, 1.82) is 0 Å². The normalized spacial score (nSPS) is 28.9. The zero-order valence-corrected chi connectivity index (χ0v) is 14.6. The molecule has 1 amide bonds. The van der Waals surface area contributed by atoms with Gasteiger partial charge in [0.15, 0.2) is 5.65 Å². The minimum absolute atomic E-state index is 0.0977. The number of hydrogen-bond acceptors (Lipinski definition) is 5. The molecule has 132 valence electrons. The van der Waals surface area contributed by atoms with Crippen molar-refractivity contribution in [2.24, 2.45) is 24.8 Å². The van der Waals surface area contributed by atoms with Crippen LogP contribution < -0.4 is 4.90 Å². The van der Waals surface area contributed by atoms with Crippen LogP contribution in [0.25, 0.3) is 11.0 Å². The van der Waals surface area contributed by atoms with E-state index < -0.39 is 0 Å². The summed E-state index contributed by atoms with van der Waals surface area (Å²) in [5, 5.41) is 5.26. The van der Waals surface area contributed by atoms with Crippen molar-refractivity contribution in [3.05, 3.63) is 12.5 Å². The Morgan fingerprint density at radius 2 is 1.92 bits per heavy atom. The van der Waals surface area contributed by atoms with Crippen LogP contribution in [-0.2, 0) is 11.8 Å². The summed E-state index contributed by atoms with van der Waals surface area (Å²) in [4.78, 5) is 26.1. The molecule has 2 aromatic rings. The molecule has 2 aliphatic heterocycles. The standard InChI is InChI=1S/C18H24N6O/c1-22-16-15(7-21-22)17(20-11-19-16)23-6-5-14(10-23)18(25)24-8-12-3-2-4-13(12)9-24/h7,11-14H,2-6,8-10H2,1H3. The van der Waals surface area contributed by atoms with E-state index in [0.717, 1.165) is 61.3 Å². The summed E-state index contributed by atoms with van der Waals surface area (Å²) in [6.45, 7) is 3.60. The highest BCUT2D eigenvalue weighted by molar-refractivity contribution is 5.87. The predicted octanol–water partition coefficient (Wildman–Crippen LogP) is 1.45. The van der Waals surface area contributed by atoms with Crippen LogP contribution >= 0.6 is 0 Å². The fourth-order valence-corrected chi connectivity index (χ4v) is 5.03. The van der Waals surface area contributed by atoms with Crippen molar-refractivity contribution >= 4 is 22.8 Å². The second kappa shape index (κ2) is 5.68. The van der Waals surface area contributed by atoms with E-state index in [0.29, 0.717) is 5.91 Å². The number of fused-ring (bicyclic) bond motifs is 2. The van der Waals surface area contributed by atoms with Gasteiger partial charge in [-0.3, -0.25) is 9.48 Å². The minimum Gasteiger partial charge on any atom is -0.355 e. The molecule has 0 N–H and O–H groups in total. The van der Waals surface area contributed by atoms with E-state index in [1.54, 1.807) is 11.0 Å². The Kier molecular flexibility index (Phi) is 3.43. The van der Waals surface area contributed by atoms with Gasteiger partial charge in [0, 0.05) is 33.2 Å². The summed E-state index contributed by atoms with van der Waals surface area (Å²) in [7, 11) is 1.89. The van der Waals surface area contributed by atoms with Crippen LogP contribution in [0.3, 0.4) is 0 Å². The lowest BCUT2D eigenvalue weighted by molar-refractivity contribution is -0.134. The molecule has 5 rings (SSSR count). The Labute approximate surface area is 147 Å². The number of hydrogen-bond donors (Lipinski definition) is 0. The number of amides is 1. The van der Waals surface area contributed by atoms with E-state index >= 15 is 0 Å². The first kappa shape index (κ1) is 15.1. The van der Waals surface area contributed by atoms with E-state index in [2.05, 4.69) is 24.9 Å². The highest BCUT2D eigenvalue weighted by atomic mass is 16.2. The lowest BCUT2D eigenvalue weighted by Gasteiger charge is -2.22. The molecule has 4 heterocycles. The summed E-state index contributed by atoms with van der Waals surface area (Å²) in [6.07, 6.45) is 8.30. The second-order valence-corrected chi connectivity index (χ2v) is 7.83. The lowest BCUT2D eigenvalue weighted by atomic mass is 10.0. The van der Waals surface area contributed by atoms with Crippen LogP contribution in [0.5, 0.6) is 0 Å². The second-order valence-electron chi connectivity index (χ2n) is 7.83. The summed E-state index contributed by atoms with van der Waals surface area (Å²) >= 11 is 0. The Balaban J connectivity index is 1.32. The van der Waals surface area contributed by atoms with Gasteiger partial charge in [-0.1, -0.05) is 6.42 Å². The molecular weight excluding hydrogens is 316 g/mol. The molecule has 2 aromatic heterocycles. The highest BCUT2D eigenvalue weighted by Crippen LogP contribution is 2.39. The van der Waals surface area contributed by atoms with Gasteiger partial charge in [-0.05, 0) is 31.1 Å². The number of aryl methyl sites for hydroxylation is 1. The van der Waals surface area contributed by atoms with Gasteiger partial charge in [-0.25, -0.2) is 9.97 Å². The SMILES string of the molecule is Cn1ncc2c(N3CCC(C(=O)N4CC5CCCC5C4)C3)ncnc21. The number of anilines is 1. The Bertz CT molecular complexity index is 805. The average molecular weight is 340 g/mol.